The first-order chi connectivity index (χ1) is 16.4. The number of halogens is 2. The summed E-state index contributed by atoms with van der Waals surface area (Å²) >= 11 is 12.3. The van der Waals surface area contributed by atoms with E-state index in [0.29, 0.717) is 28.0 Å². The molecule has 1 saturated carbocycles. The third-order valence-corrected chi connectivity index (χ3v) is 7.26. The maximum Gasteiger partial charge on any atom is 0.242 e. The van der Waals surface area contributed by atoms with Crippen molar-refractivity contribution < 1.29 is 19.1 Å². The topological polar surface area (TPSA) is 67.9 Å². The zero-order valence-electron chi connectivity index (χ0n) is 19.3. The molecule has 1 N–H and O–H groups in total. The summed E-state index contributed by atoms with van der Waals surface area (Å²) in [5, 5.41) is 4.03. The largest absolute Gasteiger partial charge is 0.454 e. The lowest BCUT2D eigenvalue weighted by atomic mass is 9.95. The van der Waals surface area contributed by atoms with Crippen LogP contribution in [0.15, 0.2) is 36.4 Å². The average Bonchev–Trinajstić information content (AvgIpc) is 3.31. The van der Waals surface area contributed by atoms with Crippen molar-refractivity contribution in [1.82, 2.24) is 10.2 Å². The molecular formula is C26H30Cl2N2O4. The Labute approximate surface area is 210 Å². The van der Waals surface area contributed by atoms with Crippen molar-refractivity contribution in [3.8, 4) is 11.5 Å². The fourth-order valence-electron chi connectivity index (χ4n) is 4.48. The van der Waals surface area contributed by atoms with Gasteiger partial charge in [0.2, 0.25) is 18.6 Å². The summed E-state index contributed by atoms with van der Waals surface area (Å²) in [4.78, 5) is 28.1. The monoisotopic (exact) mass is 504 g/mol. The van der Waals surface area contributed by atoms with Crippen LogP contribution in [-0.2, 0) is 22.6 Å². The van der Waals surface area contributed by atoms with E-state index in [-0.39, 0.29) is 37.6 Å². The van der Waals surface area contributed by atoms with Gasteiger partial charge in [-0.15, -0.1) is 0 Å². The Hall–Kier alpha value is -2.44. The summed E-state index contributed by atoms with van der Waals surface area (Å²) in [5.74, 6) is 1.18. The molecule has 2 aromatic carbocycles. The van der Waals surface area contributed by atoms with Crippen LogP contribution in [0.3, 0.4) is 0 Å². The smallest absolute Gasteiger partial charge is 0.242 e. The second-order valence-corrected chi connectivity index (χ2v) is 9.79. The van der Waals surface area contributed by atoms with Gasteiger partial charge in [0.05, 0.1) is 10.0 Å². The molecule has 2 aromatic rings. The van der Waals surface area contributed by atoms with Crippen molar-refractivity contribution in [3.63, 3.8) is 0 Å². The molecule has 1 heterocycles. The van der Waals surface area contributed by atoms with Gasteiger partial charge in [0.25, 0.3) is 0 Å². The van der Waals surface area contributed by atoms with Crippen LogP contribution in [0.25, 0.3) is 0 Å². The molecule has 1 atom stereocenters. The van der Waals surface area contributed by atoms with Crippen molar-refractivity contribution >= 4 is 35.0 Å². The van der Waals surface area contributed by atoms with E-state index in [1.165, 1.54) is 6.42 Å². The highest BCUT2D eigenvalue weighted by molar-refractivity contribution is 6.42. The molecule has 0 bridgehead atoms. The zero-order valence-corrected chi connectivity index (χ0v) is 20.8. The highest BCUT2D eigenvalue weighted by atomic mass is 35.5. The van der Waals surface area contributed by atoms with Crippen molar-refractivity contribution in [3.05, 3.63) is 57.6 Å². The molecule has 0 saturated heterocycles. The third kappa shape index (κ3) is 6.16. The standard InChI is InChI=1S/C26H30Cl2N2O4/c1-17(26(32)29-20-5-3-2-4-6-20)30(15-19-7-10-21(27)22(28)13-19)25(31)12-9-18-8-11-23-24(14-18)34-16-33-23/h7-8,10-11,13-14,17,20H,2-6,9,12,15-16H2,1H3,(H,29,32)/t17-/m1/s1. The SMILES string of the molecule is C[C@H](C(=O)NC1CCCCC1)N(Cc1ccc(Cl)c(Cl)c1)C(=O)CCc1ccc2c(c1)OCO2. The van der Waals surface area contributed by atoms with Crippen LogP contribution in [0.4, 0.5) is 0 Å². The molecule has 34 heavy (non-hydrogen) atoms. The fraction of sp³-hybridized carbons (Fsp3) is 0.462. The zero-order chi connectivity index (χ0) is 24.1. The van der Waals surface area contributed by atoms with Gasteiger partial charge in [-0.25, -0.2) is 0 Å². The summed E-state index contributed by atoms with van der Waals surface area (Å²) < 4.78 is 10.8. The van der Waals surface area contributed by atoms with Crippen molar-refractivity contribution in [2.45, 2.75) is 70.5 Å². The van der Waals surface area contributed by atoms with Gasteiger partial charge >= 0.3 is 0 Å². The van der Waals surface area contributed by atoms with Crippen LogP contribution in [0, 0.1) is 0 Å². The van der Waals surface area contributed by atoms with Crippen LogP contribution < -0.4 is 14.8 Å². The number of nitrogens with zero attached hydrogens (tertiary/aromatic N) is 1. The van der Waals surface area contributed by atoms with E-state index >= 15 is 0 Å². The molecule has 6 nitrogen and oxygen atoms in total. The van der Waals surface area contributed by atoms with Crippen molar-refractivity contribution in [2.75, 3.05) is 6.79 Å². The number of fused-ring (bicyclic) bond motifs is 1. The molecule has 2 aliphatic rings. The number of benzene rings is 2. The van der Waals surface area contributed by atoms with E-state index in [9.17, 15) is 9.59 Å². The molecule has 182 valence electrons. The normalized spacial score (nSPS) is 16.2. The number of ether oxygens (including phenoxy) is 2. The first-order valence-corrected chi connectivity index (χ1v) is 12.6. The molecule has 2 amide bonds. The van der Waals surface area contributed by atoms with E-state index in [2.05, 4.69) is 5.32 Å². The van der Waals surface area contributed by atoms with Gasteiger partial charge in [0, 0.05) is 19.0 Å². The molecule has 0 aromatic heterocycles. The summed E-state index contributed by atoms with van der Waals surface area (Å²) in [7, 11) is 0. The summed E-state index contributed by atoms with van der Waals surface area (Å²) in [6.07, 6.45) is 6.24. The Morgan fingerprint density at radius 1 is 1.00 bits per heavy atom. The molecule has 0 spiro atoms. The fourth-order valence-corrected chi connectivity index (χ4v) is 4.80. The molecule has 8 heteroatoms. The average molecular weight is 505 g/mol. The molecule has 0 radical (unpaired) electrons. The molecule has 4 rings (SSSR count). The van der Waals surface area contributed by atoms with Crippen LogP contribution in [0.1, 0.15) is 56.6 Å². The lowest BCUT2D eigenvalue weighted by molar-refractivity contribution is -0.141. The van der Waals surface area contributed by atoms with Gasteiger partial charge in [0.1, 0.15) is 6.04 Å². The van der Waals surface area contributed by atoms with Gasteiger partial charge < -0.3 is 19.7 Å². The molecule has 1 fully saturated rings. The first kappa shape index (κ1) is 24.7. The highest BCUT2D eigenvalue weighted by Gasteiger charge is 2.28. The minimum absolute atomic E-state index is 0.102. The first-order valence-electron chi connectivity index (χ1n) is 11.8. The number of carbonyl (C=O) groups is 2. The summed E-state index contributed by atoms with van der Waals surface area (Å²) in [6, 6.07) is 10.5. The Morgan fingerprint density at radius 2 is 1.74 bits per heavy atom. The molecule has 1 aliphatic carbocycles. The van der Waals surface area contributed by atoms with E-state index in [1.54, 1.807) is 24.0 Å². The Bertz CT molecular complexity index is 1040. The number of nitrogens with one attached hydrogen (secondary N) is 1. The minimum Gasteiger partial charge on any atom is -0.454 e. The Balaban J connectivity index is 1.46. The second kappa shape index (κ2) is 11.3. The third-order valence-electron chi connectivity index (χ3n) is 6.52. The maximum absolute atomic E-state index is 13.4. The van der Waals surface area contributed by atoms with Crippen LogP contribution in [-0.4, -0.2) is 35.6 Å². The molecule has 0 unspecified atom stereocenters. The predicted octanol–water partition coefficient (Wildman–Crippen LogP) is 5.52. The number of rotatable bonds is 8. The van der Waals surface area contributed by atoms with Crippen LogP contribution >= 0.6 is 23.2 Å². The summed E-state index contributed by atoms with van der Waals surface area (Å²) in [5.41, 5.74) is 1.80. The molecule has 1 aliphatic heterocycles. The molecular weight excluding hydrogens is 475 g/mol. The van der Waals surface area contributed by atoms with Gasteiger partial charge in [-0.2, -0.15) is 0 Å². The minimum atomic E-state index is -0.611. The second-order valence-electron chi connectivity index (χ2n) is 8.98. The summed E-state index contributed by atoms with van der Waals surface area (Å²) in [6.45, 7) is 2.27. The van der Waals surface area contributed by atoms with E-state index in [1.807, 2.05) is 24.3 Å². The van der Waals surface area contributed by atoms with Gasteiger partial charge in [0.15, 0.2) is 11.5 Å². The van der Waals surface area contributed by atoms with Crippen LogP contribution in [0.2, 0.25) is 10.0 Å². The van der Waals surface area contributed by atoms with E-state index in [4.69, 9.17) is 32.7 Å². The van der Waals surface area contributed by atoms with Gasteiger partial charge in [-0.05, 0) is 61.6 Å². The Morgan fingerprint density at radius 3 is 2.50 bits per heavy atom. The quantitative estimate of drug-likeness (QED) is 0.513. The highest BCUT2D eigenvalue weighted by Crippen LogP contribution is 2.33. The van der Waals surface area contributed by atoms with Crippen molar-refractivity contribution in [2.24, 2.45) is 0 Å². The number of hydrogen-bond acceptors (Lipinski definition) is 4. The number of hydrogen-bond donors (Lipinski definition) is 1. The van der Waals surface area contributed by atoms with E-state index < -0.39 is 6.04 Å². The number of aryl methyl sites for hydroxylation is 1. The van der Waals surface area contributed by atoms with Gasteiger partial charge in [-0.1, -0.05) is 54.6 Å². The van der Waals surface area contributed by atoms with Crippen LogP contribution in [0.5, 0.6) is 11.5 Å². The number of carbonyl (C=O) groups excluding carboxylic acids is 2. The van der Waals surface area contributed by atoms with E-state index in [0.717, 1.165) is 36.8 Å². The van der Waals surface area contributed by atoms with Gasteiger partial charge in [-0.3, -0.25) is 9.59 Å². The lowest BCUT2D eigenvalue weighted by Gasteiger charge is -2.31. The Kier molecular flexibility index (Phi) is 8.22. The lowest BCUT2D eigenvalue weighted by Crippen LogP contribution is -2.50. The van der Waals surface area contributed by atoms with Crippen molar-refractivity contribution in [1.29, 1.82) is 0 Å². The predicted molar refractivity (Wildman–Crippen MR) is 132 cm³/mol. The number of amides is 2. The maximum atomic E-state index is 13.4.